The summed E-state index contributed by atoms with van der Waals surface area (Å²) in [6, 6.07) is 8.33. The molecule has 1 unspecified atom stereocenters. The Hall–Kier alpha value is -1.35. The average molecular weight is 263 g/mol. The Bertz CT molecular complexity index is 415. The van der Waals surface area contributed by atoms with E-state index in [0.717, 1.165) is 6.42 Å². The Kier molecular flexibility index (Phi) is 6.03. The van der Waals surface area contributed by atoms with E-state index in [-0.39, 0.29) is 24.3 Å². The third-order valence-electron chi connectivity index (χ3n) is 3.51. The fourth-order valence-electron chi connectivity index (χ4n) is 2.13. The summed E-state index contributed by atoms with van der Waals surface area (Å²) in [5.41, 5.74) is 2.48. The number of aliphatic hydroxyl groups is 1. The number of likely N-dealkylation sites (N-methyl/N-ethyl adjacent to an activating group) is 1. The average Bonchev–Trinajstić information content (AvgIpc) is 2.36. The number of carbonyl (C=O) groups excluding carboxylic acids is 1. The molecule has 0 saturated heterocycles. The summed E-state index contributed by atoms with van der Waals surface area (Å²) < 4.78 is 0. The number of carbonyl (C=O) groups is 1. The van der Waals surface area contributed by atoms with Crippen molar-refractivity contribution in [3.8, 4) is 0 Å². The molecule has 0 aliphatic heterocycles. The van der Waals surface area contributed by atoms with E-state index in [2.05, 4.69) is 25.1 Å². The zero-order valence-corrected chi connectivity index (χ0v) is 12.4. The van der Waals surface area contributed by atoms with Crippen molar-refractivity contribution in [1.82, 2.24) is 4.90 Å². The molecular weight excluding hydrogens is 238 g/mol. The number of hydrogen-bond donors (Lipinski definition) is 1. The minimum atomic E-state index is -0.289. The quantitative estimate of drug-likeness (QED) is 0.855. The van der Waals surface area contributed by atoms with Crippen molar-refractivity contribution >= 4 is 5.91 Å². The normalized spacial score (nSPS) is 12.5. The molecule has 3 heteroatoms. The molecule has 0 heterocycles. The third-order valence-corrected chi connectivity index (χ3v) is 3.51. The van der Waals surface area contributed by atoms with Crippen LogP contribution in [0.4, 0.5) is 0 Å². The van der Waals surface area contributed by atoms with Crippen LogP contribution in [0, 0.1) is 18.8 Å². The first-order valence-electron chi connectivity index (χ1n) is 6.87. The van der Waals surface area contributed by atoms with Gasteiger partial charge in [-0.1, -0.05) is 43.7 Å². The lowest BCUT2D eigenvalue weighted by Gasteiger charge is -2.25. The zero-order chi connectivity index (χ0) is 14.4. The van der Waals surface area contributed by atoms with Crippen LogP contribution in [-0.4, -0.2) is 36.1 Å². The summed E-state index contributed by atoms with van der Waals surface area (Å²) in [6.45, 7) is 6.61. The number of aryl methyl sites for hydroxylation is 1. The van der Waals surface area contributed by atoms with E-state index in [1.165, 1.54) is 11.1 Å². The van der Waals surface area contributed by atoms with Crippen LogP contribution in [0.25, 0.3) is 0 Å². The molecule has 19 heavy (non-hydrogen) atoms. The van der Waals surface area contributed by atoms with E-state index in [4.69, 9.17) is 0 Å². The van der Waals surface area contributed by atoms with Crippen molar-refractivity contribution in [3.63, 3.8) is 0 Å². The van der Waals surface area contributed by atoms with E-state index in [1.807, 2.05) is 27.0 Å². The number of amides is 1. The Morgan fingerprint density at radius 3 is 2.58 bits per heavy atom. The monoisotopic (exact) mass is 263 g/mol. The van der Waals surface area contributed by atoms with E-state index in [1.54, 1.807) is 4.90 Å². The highest BCUT2D eigenvalue weighted by atomic mass is 16.3. The van der Waals surface area contributed by atoms with Crippen molar-refractivity contribution in [3.05, 3.63) is 35.4 Å². The van der Waals surface area contributed by atoms with Gasteiger partial charge in [0.25, 0.3) is 0 Å². The minimum absolute atomic E-state index is 0.0325. The lowest BCUT2D eigenvalue weighted by atomic mass is 9.95. The lowest BCUT2D eigenvalue weighted by Crippen LogP contribution is -2.38. The van der Waals surface area contributed by atoms with Crippen LogP contribution in [0.5, 0.6) is 0 Å². The number of nitrogens with zero attached hydrogens (tertiary/aromatic N) is 1. The Balaban J connectivity index is 2.55. The van der Waals surface area contributed by atoms with Gasteiger partial charge in [0.1, 0.15) is 0 Å². The summed E-state index contributed by atoms with van der Waals surface area (Å²) in [5.74, 6) is -0.0911. The molecule has 0 aliphatic carbocycles. The van der Waals surface area contributed by atoms with E-state index in [9.17, 15) is 9.90 Å². The van der Waals surface area contributed by atoms with Gasteiger partial charge in [-0.15, -0.1) is 0 Å². The number of aliphatic hydroxyl groups excluding tert-OH is 1. The van der Waals surface area contributed by atoms with Crippen LogP contribution in [0.2, 0.25) is 0 Å². The zero-order valence-electron chi connectivity index (χ0n) is 12.4. The maximum atomic E-state index is 12.2. The molecule has 1 N–H and O–H groups in total. The van der Waals surface area contributed by atoms with Crippen molar-refractivity contribution < 1.29 is 9.90 Å². The molecule has 1 rings (SSSR count). The Morgan fingerprint density at radius 1 is 1.37 bits per heavy atom. The van der Waals surface area contributed by atoms with Crippen LogP contribution in [0.1, 0.15) is 25.0 Å². The Labute approximate surface area is 116 Å². The van der Waals surface area contributed by atoms with Gasteiger partial charge in [0.05, 0.1) is 12.5 Å². The summed E-state index contributed by atoms with van der Waals surface area (Å²) in [5, 5.41) is 9.29. The fourth-order valence-corrected chi connectivity index (χ4v) is 2.13. The van der Waals surface area contributed by atoms with E-state index < -0.39 is 0 Å². The summed E-state index contributed by atoms with van der Waals surface area (Å²) >= 11 is 0. The molecule has 1 amide bonds. The second-order valence-corrected chi connectivity index (χ2v) is 5.53. The summed E-state index contributed by atoms with van der Waals surface area (Å²) in [7, 11) is 1.81. The molecule has 1 aromatic rings. The highest BCUT2D eigenvalue weighted by molar-refractivity contribution is 5.78. The van der Waals surface area contributed by atoms with Crippen molar-refractivity contribution in [2.75, 3.05) is 20.2 Å². The second-order valence-electron chi connectivity index (χ2n) is 5.53. The van der Waals surface area contributed by atoms with Gasteiger partial charge in [0.15, 0.2) is 0 Å². The number of benzene rings is 1. The van der Waals surface area contributed by atoms with Gasteiger partial charge in [-0.3, -0.25) is 4.79 Å². The van der Waals surface area contributed by atoms with E-state index >= 15 is 0 Å². The molecule has 1 atom stereocenters. The van der Waals surface area contributed by atoms with E-state index in [0.29, 0.717) is 6.54 Å². The number of hydrogen-bond acceptors (Lipinski definition) is 2. The van der Waals surface area contributed by atoms with Crippen LogP contribution >= 0.6 is 0 Å². The summed E-state index contributed by atoms with van der Waals surface area (Å²) in [6.07, 6.45) is 0.847. The molecule has 3 nitrogen and oxygen atoms in total. The molecule has 1 aromatic carbocycles. The third kappa shape index (κ3) is 4.67. The first kappa shape index (κ1) is 15.7. The van der Waals surface area contributed by atoms with Crippen LogP contribution in [0.3, 0.4) is 0 Å². The van der Waals surface area contributed by atoms with Gasteiger partial charge in [-0.2, -0.15) is 0 Å². The number of rotatable bonds is 6. The Morgan fingerprint density at radius 2 is 2.05 bits per heavy atom. The van der Waals surface area contributed by atoms with Gasteiger partial charge in [0, 0.05) is 13.6 Å². The van der Waals surface area contributed by atoms with Crippen LogP contribution in [0.15, 0.2) is 24.3 Å². The van der Waals surface area contributed by atoms with Gasteiger partial charge in [-0.25, -0.2) is 0 Å². The molecule has 0 radical (unpaired) electrons. The fraction of sp³-hybridized carbons (Fsp3) is 0.562. The second kappa shape index (κ2) is 7.29. The largest absolute Gasteiger partial charge is 0.396 e. The van der Waals surface area contributed by atoms with Crippen molar-refractivity contribution in [2.24, 2.45) is 11.8 Å². The lowest BCUT2D eigenvalue weighted by molar-refractivity contribution is -0.137. The SMILES string of the molecule is Cc1cccc(CCN(C)C(=O)C(CO)C(C)C)c1. The first-order chi connectivity index (χ1) is 8.95. The summed E-state index contributed by atoms with van der Waals surface area (Å²) in [4.78, 5) is 13.9. The molecule has 0 aromatic heterocycles. The molecular formula is C16H25NO2. The highest BCUT2D eigenvalue weighted by Gasteiger charge is 2.24. The molecule has 0 fully saturated rings. The molecule has 0 bridgehead atoms. The molecule has 0 aliphatic rings. The first-order valence-corrected chi connectivity index (χ1v) is 6.87. The van der Waals surface area contributed by atoms with Gasteiger partial charge in [0.2, 0.25) is 5.91 Å². The van der Waals surface area contributed by atoms with Gasteiger partial charge in [-0.05, 0) is 24.8 Å². The van der Waals surface area contributed by atoms with Crippen molar-refractivity contribution in [2.45, 2.75) is 27.2 Å². The molecule has 0 spiro atoms. The predicted octanol–water partition coefficient (Wildman–Crippen LogP) is 2.26. The molecule has 106 valence electrons. The van der Waals surface area contributed by atoms with Crippen molar-refractivity contribution in [1.29, 1.82) is 0 Å². The molecule has 0 saturated carbocycles. The van der Waals surface area contributed by atoms with Gasteiger partial charge >= 0.3 is 0 Å². The smallest absolute Gasteiger partial charge is 0.228 e. The van der Waals surface area contributed by atoms with Crippen LogP contribution in [-0.2, 0) is 11.2 Å². The maximum absolute atomic E-state index is 12.2. The standard InChI is InChI=1S/C16H25NO2/c1-12(2)15(11-18)16(19)17(4)9-8-14-7-5-6-13(3)10-14/h5-7,10,12,15,18H,8-9,11H2,1-4H3. The highest BCUT2D eigenvalue weighted by Crippen LogP contribution is 2.13. The maximum Gasteiger partial charge on any atom is 0.228 e. The van der Waals surface area contributed by atoms with Gasteiger partial charge < -0.3 is 10.0 Å². The minimum Gasteiger partial charge on any atom is -0.396 e. The predicted molar refractivity (Wildman–Crippen MR) is 77.9 cm³/mol. The van der Waals surface area contributed by atoms with Crippen LogP contribution < -0.4 is 0 Å². The topological polar surface area (TPSA) is 40.5 Å².